The molecule has 3 rings (SSSR count). The third-order valence-electron chi connectivity index (χ3n) is 3.08. The van der Waals surface area contributed by atoms with Crippen LogP contribution in [-0.2, 0) is 0 Å². The summed E-state index contributed by atoms with van der Waals surface area (Å²) in [5.74, 6) is 1.61. The molecular formula is C14H12BrFN2S. The molecule has 2 aromatic rings. The third kappa shape index (κ3) is 2.77. The number of nitrogens with zero attached hydrogens (tertiary/aromatic N) is 1. The number of hydrogen-bond acceptors (Lipinski definition) is 3. The van der Waals surface area contributed by atoms with E-state index >= 15 is 0 Å². The first kappa shape index (κ1) is 12.9. The Balaban J connectivity index is 1.88. The van der Waals surface area contributed by atoms with Crippen LogP contribution in [0.15, 0.2) is 45.9 Å². The maximum absolute atomic E-state index is 13.8. The summed E-state index contributed by atoms with van der Waals surface area (Å²) in [5, 5.41) is 3.38. The van der Waals surface area contributed by atoms with Crippen LogP contribution in [-0.4, -0.2) is 10.7 Å². The summed E-state index contributed by atoms with van der Waals surface area (Å²) in [4.78, 5) is 5.08. The van der Waals surface area contributed by atoms with Gasteiger partial charge in [0.2, 0.25) is 0 Å². The van der Waals surface area contributed by atoms with Gasteiger partial charge in [-0.25, -0.2) is 9.37 Å². The van der Waals surface area contributed by atoms with Gasteiger partial charge in [-0.1, -0.05) is 12.1 Å². The second kappa shape index (κ2) is 5.51. The first-order chi connectivity index (χ1) is 9.24. The molecule has 0 amide bonds. The van der Waals surface area contributed by atoms with Gasteiger partial charge in [-0.3, -0.25) is 0 Å². The molecule has 0 saturated heterocycles. The Morgan fingerprint density at radius 2 is 2.21 bits per heavy atom. The van der Waals surface area contributed by atoms with E-state index in [4.69, 9.17) is 0 Å². The largest absolute Gasteiger partial charge is 0.363 e. The van der Waals surface area contributed by atoms with Crippen molar-refractivity contribution in [2.75, 3.05) is 11.1 Å². The Kier molecular flexibility index (Phi) is 3.75. The van der Waals surface area contributed by atoms with Crippen LogP contribution in [0.25, 0.3) is 0 Å². The molecule has 0 aliphatic carbocycles. The predicted molar refractivity (Wildman–Crippen MR) is 80.0 cm³/mol. The van der Waals surface area contributed by atoms with E-state index in [1.165, 1.54) is 6.07 Å². The number of fused-ring (bicyclic) bond motifs is 1. The summed E-state index contributed by atoms with van der Waals surface area (Å²) in [6.45, 7) is 0. The lowest BCUT2D eigenvalue weighted by Crippen LogP contribution is -2.17. The zero-order chi connectivity index (χ0) is 13.2. The number of aromatic nitrogens is 1. The van der Waals surface area contributed by atoms with E-state index in [-0.39, 0.29) is 11.9 Å². The van der Waals surface area contributed by atoms with Gasteiger partial charge < -0.3 is 5.32 Å². The van der Waals surface area contributed by atoms with Gasteiger partial charge in [-0.15, -0.1) is 11.8 Å². The van der Waals surface area contributed by atoms with Gasteiger partial charge in [-0.05, 0) is 46.1 Å². The van der Waals surface area contributed by atoms with Crippen molar-refractivity contribution in [3.8, 4) is 0 Å². The summed E-state index contributed by atoms with van der Waals surface area (Å²) in [5.41, 5.74) is 1.03. The van der Waals surface area contributed by atoms with Crippen molar-refractivity contribution < 1.29 is 4.39 Å². The fourth-order valence-corrected chi connectivity index (χ4v) is 3.55. The summed E-state index contributed by atoms with van der Waals surface area (Å²) in [6, 6.07) is 9.27. The van der Waals surface area contributed by atoms with Crippen LogP contribution < -0.4 is 5.32 Å². The molecule has 1 aromatic heterocycles. The first-order valence-electron chi connectivity index (χ1n) is 6.03. The van der Waals surface area contributed by atoms with Crippen molar-refractivity contribution in [3.63, 3.8) is 0 Å². The highest BCUT2D eigenvalue weighted by molar-refractivity contribution is 9.10. The molecule has 19 heavy (non-hydrogen) atoms. The average molecular weight is 339 g/mol. The maximum Gasteiger partial charge on any atom is 0.137 e. The molecule has 0 fully saturated rings. The van der Waals surface area contributed by atoms with Crippen LogP contribution in [0.2, 0.25) is 0 Å². The van der Waals surface area contributed by atoms with E-state index in [9.17, 15) is 4.39 Å². The Bertz CT molecular complexity index is 588. The topological polar surface area (TPSA) is 24.9 Å². The molecule has 1 aromatic carbocycles. The molecule has 1 aliphatic heterocycles. The van der Waals surface area contributed by atoms with E-state index in [1.54, 1.807) is 24.0 Å². The Hall–Kier alpha value is -1.07. The number of hydrogen-bond donors (Lipinski definition) is 1. The van der Waals surface area contributed by atoms with Crippen molar-refractivity contribution in [1.29, 1.82) is 0 Å². The molecule has 1 unspecified atom stereocenters. The molecule has 5 heteroatoms. The number of thioether (sulfide) groups is 1. The number of nitrogens with one attached hydrogen (secondary N) is 1. The van der Waals surface area contributed by atoms with Gasteiger partial charge in [0.05, 0.1) is 6.04 Å². The average Bonchev–Trinajstić information content (AvgIpc) is 2.43. The molecule has 2 nitrogen and oxygen atoms in total. The standard InChI is InChI=1S/C14H12BrFN2S/c15-9-4-5-13(17-8-9)18-12-6-7-19-14-10(12)2-1-3-11(14)16/h1-5,8,12H,6-7H2,(H,17,18). The molecule has 98 valence electrons. The normalized spacial score (nSPS) is 17.9. The molecule has 0 spiro atoms. The van der Waals surface area contributed by atoms with Gasteiger partial charge in [0, 0.05) is 21.3 Å². The van der Waals surface area contributed by atoms with Gasteiger partial charge in [0.1, 0.15) is 11.6 Å². The highest BCUT2D eigenvalue weighted by Crippen LogP contribution is 2.39. The lowest BCUT2D eigenvalue weighted by Gasteiger charge is -2.26. The zero-order valence-corrected chi connectivity index (χ0v) is 12.5. The minimum Gasteiger partial charge on any atom is -0.363 e. The molecule has 0 radical (unpaired) electrons. The first-order valence-corrected chi connectivity index (χ1v) is 7.81. The van der Waals surface area contributed by atoms with Crippen LogP contribution in [0.1, 0.15) is 18.0 Å². The maximum atomic E-state index is 13.8. The van der Waals surface area contributed by atoms with Crippen LogP contribution >= 0.6 is 27.7 Å². The summed E-state index contributed by atoms with van der Waals surface area (Å²) in [6.07, 6.45) is 2.73. The van der Waals surface area contributed by atoms with Crippen LogP contribution in [0.3, 0.4) is 0 Å². The third-order valence-corrected chi connectivity index (χ3v) is 4.70. The van der Waals surface area contributed by atoms with Crippen LogP contribution in [0.5, 0.6) is 0 Å². The van der Waals surface area contributed by atoms with Gasteiger partial charge in [0.15, 0.2) is 0 Å². The molecule has 2 heterocycles. The smallest absolute Gasteiger partial charge is 0.137 e. The number of halogens is 2. The van der Waals surface area contributed by atoms with Crippen molar-refractivity contribution >= 4 is 33.5 Å². The lowest BCUT2D eigenvalue weighted by atomic mass is 10.0. The molecule has 1 N–H and O–H groups in total. The number of anilines is 1. The van der Waals surface area contributed by atoms with Crippen LogP contribution in [0, 0.1) is 5.82 Å². The minimum atomic E-state index is -0.127. The van der Waals surface area contributed by atoms with Crippen molar-refractivity contribution in [2.45, 2.75) is 17.4 Å². The quantitative estimate of drug-likeness (QED) is 0.863. The van der Waals surface area contributed by atoms with Crippen molar-refractivity contribution in [2.24, 2.45) is 0 Å². The Morgan fingerprint density at radius 1 is 1.32 bits per heavy atom. The summed E-state index contributed by atoms with van der Waals surface area (Å²) >= 11 is 4.95. The highest BCUT2D eigenvalue weighted by Gasteiger charge is 2.23. The van der Waals surface area contributed by atoms with Crippen molar-refractivity contribution in [1.82, 2.24) is 4.98 Å². The fourth-order valence-electron chi connectivity index (χ4n) is 2.18. The Morgan fingerprint density at radius 3 is 3.00 bits per heavy atom. The van der Waals surface area contributed by atoms with E-state index in [2.05, 4.69) is 26.2 Å². The SMILES string of the molecule is Fc1cccc2c1SCCC2Nc1ccc(Br)cn1. The van der Waals surface area contributed by atoms with E-state index in [0.717, 1.165) is 32.9 Å². The molecular weight excluding hydrogens is 327 g/mol. The summed E-state index contributed by atoms with van der Waals surface area (Å²) < 4.78 is 14.7. The number of benzene rings is 1. The van der Waals surface area contributed by atoms with E-state index in [1.807, 2.05) is 18.2 Å². The van der Waals surface area contributed by atoms with E-state index < -0.39 is 0 Å². The molecule has 0 saturated carbocycles. The van der Waals surface area contributed by atoms with Gasteiger partial charge in [0.25, 0.3) is 0 Å². The predicted octanol–water partition coefficient (Wildman–Crippen LogP) is 4.63. The number of pyridine rings is 1. The monoisotopic (exact) mass is 338 g/mol. The molecule has 1 atom stereocenters. The Labute approximate surface area is 124 Å². The van der Waals surface area contributed by atoms with E-state index in [0.29, 0.717) is 0 Å². The number of rotatable bonds is 2. The van der Waals surface area contributed by atoms with Gasteiger partial charge in [-0.2, -0.15) is 0 Å². The van der Waals surface area contributed by atoms with Gasteiger partial charge >= 0.3 is 0 Å². The molecule has 1 aliphatic rings. The lowest BCUT2D eigenvalue weighted by molar-refractivity contribution is 0.584. The second-order valence-corrected chi connectivity index (χ2v) is 6.37. The minimum absolute atomic E-state index is 0.126. The fraction of sp³-hybridized carbons (Fsp3) is 0.214. The second-order valence-electron chi connectivity index (χ2n) is 4.35. The molecule has 0 bridgehead atoms. The van der Waals surface area contributed by atoms with Crippen molar-refractivity contribution in [3.05, 3.63) is 52.4 Å². The van der Waals surface area contributed by atoms with Crippen LogP contribution in [0.4, 0.5) is 10.2 Å². The zero-order valence-electron chi connectivity index (χ0n) is 10.1. The highest BCUT2D eigenvalue weighted by atomic mass is 79.9. The summed E-state index contributed by atoms with van der Waals surface area (Å²) in [7, 11) is 0.